The predicted octanol–water partition coefficient (Wildman–Crippen LogP) is 2.16. The van der Waals surface area contributed by atoms with E-state index in [1.807, 2.05) is 0 Å². The molecule has 1 heterocycles. The fourth-order valence-electron chi connectivity index (χ4n) is 0.691. The lowest BCUT2D eigenvalue weighted by atomic mass is 10.3. The van der Waals surface area contributed by atoms with Gasteiger partial charge in [-0.25, -0.2) is 0 Å². The summed E-state index contributed by atoms with van der Waals surface area (Å²) in [4.78, 5) is 4.07. The van der Waals surface area contributed by atoms with Gasteiger partial charge in [-0.15, -0.1) is 0 Å². The van der Waals surface area contributed by atoms with E-state index < -0.39 is 0 Å². The first kappa shape index (κ1) is 9.22. The van der Waals surface area contributed by atoms with E-state index in [1.54, 1.807) is 12.3 Å². The van der Waals surface area contributed by atoms with Gasteiger partial charge in [-0.2, -0.15) is 0 Å². The van der Waals surface area contributed by atoms with Crippen LogP contribution in [0.2, 0.25) is 5.02 Å². The Kier molecular flexibility index (Phi) is 3.54. The minimum absolute atomic E-state index is 0.00571. The van der Waals surface area contributed by atoms with Gasteiger partial charge in [-0.1, -0.05) is 34.2 Å². The van der Waals surface area contributed by atoms with Crippen LogP contribution in [0.4, 0.5) is 0 Å². The Balaban J connectivity index is 2.99. The van der Waals surface area contributed by atoms with Crippen molar-refractivity contribution < 1.29 is 5.11 Å². The number of pyridine rings is 1. The third-order valence-corrected chi connectivity index (χ3v) is 2.33. The summed E-state index contributed by atoms with van der Waals surface area (Å²) in [6.45, 7) is -0.00571. The molecular formula is C7H7ClINO. The molecule has 0 atom stereocenters. The van der Waals surface area contributed by atoms with Gasteiger partial charge >= 0.3 is 0 Å². The van der Waals surface area contributed by atoms with Gasteiger partial charge in [-0.05, 0) is 11.6 Å². The molecule has 0 amide bonds. The number of hydrogen-bond acceptors (Lipinski definition) is 2. The molecule has 0 spiro atoms. The van der Waals surface area contributed by atoms with Crippen LogP contribution in [0.25, 0.3) is 0 Å². The Morgan fingerprint density at radius 3 is 2.82 bits per heavy atom. The number of rotatable bonds is 2. The topological polar surface area (TPSA) is 33.1 Å². The van der Waals surface area contributed by atoms with Gasteiger partial charge in [0.25, 0.3) is 0 Å². The standard InChI is InChI=1S/C7H7ClINO/c8-6-1-5(4-11)3-10-7(6)2-9/h1,3,11H,2,4H2. The summed E-state index contributed by atoms with van der Waals surface area (Å²) in [5.41, 5.74) is 1.62. The fourth-order valence-corrected chi connectivity index (χ4v) is 1.78. The molecular weight excluding hydrogens is 276 g/mol. The lowest BCUT2D eigenvalue weighted by molar-refractivity contribution is 0.281. The van der Waals surface area contributed by atoms with E-state index in [4.69, 9.17) is 16.7 Å². The van der Waals surface area contributed by atoms with Gasteiger partial charge in [0.05, 0.1) is 17.3 Å². The normalized spacial score (nSPS) is 10.1. The molecule has 0 aliphatic carbocycles. The molecule has 0 fully saturated rings. The Labute approximate surface area is 83.7 Å². The number of halogens is 2. The summed E-state index contributed by atoms with van der Waals surface area (Å²) in [5.74, 6) is 0. The molecule has 1 rings (SSSR count). The van der Waals surface area contributed by atoms with E-state index in [9.17, 15) is 0 Å². The Morgan fingerprint density at radius 1 is 1.64 bits per heavy atom. The largest absolute Gasteiger partial charge is 0.392 e. The number of alkyl halides is 1. The molecule has 0 aromatic carbocycles. The maximum atomic E-state index is 8.73. The zero-order chi connectivity index (χ0) is 8.27. The SMILES string of the molecule is OCc1cnc(CI)c(Cl)c1. The van der Waals surface area contributed by atoms with Gasteiger partial charge in [0, 0.05) is 10.6 Å². The molecule has 0 aliphatic heterocycles. The monoisotopic (exact) mass is 283 g/mol. The van der Waals surface area contributed by atoms with Gasteiger partial charge in [0.2, 0.25) is 0 Å². The van der Waals surface area contributed by atoms with Gasteiger partial charge < -0.3 is 5.11 Å². The van der Waals surface area contributed by atoms with Gasteiger partial charge in [0.1, 0.15) is 0 Å². The van der Waals surface area contributed by atoms with E-state index in [2.05, 4.69) is 27.6 Å². The number of nitrogens with zero attached hydrogens (tertiary/aromatic N) is 1. The smallest absolute Gasteiger partial charge is 0.0697 e. The molecule has 1 aromatic rings. The number of aromatic nitrogens is 1. The van der Waals surface area contributed by atoms with Crippen molar-refractivity contribution in [1.82, 2.24) is 4.98 Å². The fraction of sp³-hybridized carbons (Fsp3) is 0.286. The average molecular weight is 283 g/mol. The van der Waals surface area contributed by atoms with Crippen LogP contribution >= 0.6 is 34.2 Å². The van der Waals surface area contributed by atoms with Crippen LogP contribution in [0, 0.1) is 0 Å². The second kappa shape index (κ2) is 4.23. The van der Waals surface area contributed by atoms with Gasteiger partial charge in [-0.3, -0.25) is 4.98 Å². The first-order chi connectivity index (χ1) is 5.27. The quantitative estimate of drug-likeness (QED) is 0.666. The van der Waals surface area contributed by atoms with E-state index in [1.165, 1.54) is 0 Å². The maximum absolute atomic E-state index is 8.73. The zero-order valence-corrected chi connectivity index (χ0v) is 8.63. The lowest BCUT2D eigenvalue weighted by Crippen LogP contribution is -1.90. The highest BCUT2D eigenvalue weighted by molar-refractivity contribution is 14.1. The molecule has 11 heavy (non-hydrogen) atoms. The van der Waals surface area contributed by atoms with Crippen molar-refractivity contribution in [3.05, 3.63) is 28.5 Å². The van der Waals surface area contributed by atoms with Crippen molar-refractivity contribution in [2.45, 2.75) is 11.0 Å². The van der Waals surface area contributed by atoms with Crippen LogP contribution in [-0.4, -0.2) is 10.1 Å². The summed E-state index contributed by atoms with van der Waals surface area (Å²) < 4.78 is 0.794. The Bertz CT molecular complexity index is 254. The number of hydrogen-bond donors (Lipinski definition) is 1. The highest BCUT2D eigenvalue weighted by atomic mass is 127. The Hall–Kier alpha value is 0.130. The highest BCUT2D eigenvalue weighted by Crippen LogP contribution is 2.17. The molecule has 0 radical (unpaired) electrons. The maximum Gasteiger partial charge on any atom is 0.0697 e. The van der Waals surface area contributed by atoms with Crippen LogP contribution in [0.3, 0.4) is 0 Å². The van der Waals surface area contributed by atoms with E-state index in [0.29, 0.717) is 5.02 Å². The molecule has 2 nitrogen and oxygen atoms in total. The predicted molar refractivity (Wildman–Crippen MR) is 52.9 cm³/mol. The molecule has 0 aliphatic rings. The first-order valence-electron chi connectivity index (χ1n) is 3.08. The minimum atomic E-state index is -0.00571. The summed E-state index contributed by atoms with van der Waals surface area (Å²) >= 11 is 8.02. The molecule has 0 unspecified atom stereocenters. The van der Waals surface area contributed by atoms with E-state index in [-0.39, 0.29) is 6.61 Å². The van der Waals surface area contributed by atoms with Crippen LogP contribution in [0.1, 0.15) is 11.3 Å². The third kappa shape index (κ3) is 2.28. The summed E-state index contributed by atoms with van der Waals surface area (Å²) in [5, 5.41) is 9.36. The zero-order valence-electron chi connectivity index (χ0n) is 5.72. The molecule has 1 N–H and O–H groups in total. The first-order valence-corrected chi connectivity index (χ1v) is 4.98. The summed E-state index contributed by atoms with van der Waals surface area (Å²) in [6.07, 6.45) is 1.64. The van der Waals surface area contributed by atoms with Crippen LogP contribution < -0.4 is 0 Å². The Morgan fingerprint density at radius 2 is 2.36 bits per heavy atom. The summed E-state index contributed by atoms with van der Waals surface area (Å²) in [6, 6.07) is 1.74. The molecule has 4 heteroatoms. The molecule has 0 saturated heterocycles. The van der Waals surface area contributed by atoms with E-state index in [0.717, 1.165) is 15.7 Å². The van der Waals surface area contributed by atoms with Crippen molar-refractivity contribution >= 4 is 34.2 Å². The van der Waals surface area contributed by atoms with Crippen molar-refractivity contribution in [3.8, 4) is 0 Å². The minimum Gasteiger partial charge on any atom is -0.392 e. The van der Waals surface area contributed by atoms with Crippen LogP contribution in [0.15, 0.2) is 12.3 Å². The molecule has 1 aromatic heterocycles. The third-order valence-electron chi connectivity index (χ3n) is 1.28. The average Bonchev–Trinajstić information content (AvgIpc) is 2.04. The summed E-state index contributed by atoms with van der Waals surface area (Å²) in [7, 11) is 0. The number of aliphatic hydroxyl groups excluding tert-OH is 1. The second-order valence-electron chi connectivity index (χ2n) is 2.06. The number of aliphatic hydroxyl groups is 1. The molecule has 60 valence electrons. The molecule has 0 bridgehead atoms. The van der Waals surface area contributed by atoms with Crippen LogP contribution in [-0.2, 0) is 11.0 Å². The molecule has 0 saturated carbocycles. The van der Waals surface area contributed by atoms with Crippen molar-refractivity contribution in [2.75, 3.05) is 0 Å². The van der Waals surface area contributed by atoms with Crippen LogP contribution in [0.5, 0.6) is 0 Å². The van der Waals surface area contributed by atoms with E-state index >= 15 is 0 Å². The second-order valence-corrected chi connectivity index (χ2v) is 3.23. The van der Waals surface area contributed by atoms with Crippen molar-refractivity contribution in [3.63, 3.8) is 0 Å². The van der Waals surface area contributed by atoms with Crippen molar-refractivity contribution in [1.29, 1.82) is 0 Å². The van der Waals surface area contributed by atoms with Crippen molar-refractivity contribution in [2.24, 2.45) is 0 Å². The van der Waals surface area contributed by atoms with Gasteiger partial charge in [0.15, 0.2) is 0 Å². The lowest BCUT2D eigenvalue weighted by Gasteiger charge is -2.00. The highest BCUT2D eigenvalue weighted by Gasteiger charge is 2.00.